The standard InChI is InChI=1S/C11H20N2O/c1-5-11(14)13-8-10(12(3)4)7-6-9(13)2/h5,9-10H,1,6-8H2,2-4H3. The Morgan fingerprint density at radius 3 is 2.64 bits per heavy atom. The van der Waals surface area contributed by atoms with Crippen LogP contribution >= 0.6 is 0 Å². The van der Waals surface area contributed by atoms with Gasteiger partial charge in [0.05, 0.1) is 0 Å². The van der Waals surface area contributed by atoms with Crippen LogP contribution in [-0.2, 0) is 4.79 Å². The number of carbonyl (C=O) groups is 1. The molecule has 2 atom stereocenters. The van der Waals surface area contributed by atoms with Crippen molar-refractivity contribution in [2.24, 2.45) is 0 Å². The van der Waals surface area contributed by atoms with Gasteiger partial charge in [-0.3, -0.25) is 4.79 Å². The second kappa shape index (κ2) is 4.60. The molecule has 1 rings (SSSR count). The number of carbonyl (C=O) groups excluding carboxylic acids is 1. The van der Waals surface area contributed by atoms with Crippen LogP contribution in [0.15, 0.2) is 12.7 Å². The van der Waals surface area contributed by atoms with E-state index in [9.17, 15) is 4.79 Å². The number of likely N-dealkylation sites (N-methyl/N-ethyl adjacent to an activating group) is 1. The Hall–Kier alpha value is -0.830. The van der Waals surface area contributed by atoms with Crippen molar-refractivity contribution in [2.75, 3.05) is 20.6 Å². The molecule has 1 saturated heterocycles. The first kappa shape index (κ1) is 11.2. The quantitative estimate of drug-likeness (QED) is 0.618. The van der Waals surface area contributed by atoms with Gasteiger partial charge in [-0.05, 0) is 39.9 Å². The molecule has 0 aromatic rings. The van der Waals surface area contributed by atoms with Gasteiger partial charge in [0, 0.05) is 18.6 Å². The SMILES string of the molecule is C=CC(=O)N1CC(N(C)C)CCC1C. The van der Waals surface area contributed by atoms with Crippen LogP contribution in [0.25, 0.3) is 0 Å². The lowest BCUT2D eigenvalue weighted by molar-refractivity contribution is -0.130. The molecule has 0 aliphatic carbocycles. The van der Waals surface area contributed by atoms with Gasteiger partial charge < -0.3 is 9.80 Å². The molecule has 0 saturated carbocycles. The monoisotopic (exact) mass is 196 g/mol. The van der Waals surface area contributed by atoms with Gasteiger partial charge in [-0.25, -0.2) is 0 Å². The van der Waals surface area contributed by atoms with Crippen molar-refractivity contribution in [1.82, 2.24) is 9.80 Å². The Morgan fingerprint density at radius 2 is 2.14 bits per heavy atom. The van der Waals surface area contributed by atoms with Gasteiger partial charge in [-0.2, -0.15) is 0 Å². The second-order valence-electron chi connectivity index (χ2n) is 4.24. The van der Waals surface area contributed by atoms with Crippen LogP contribution in [0.5, 0.6) is 0 Å². The average molecular weight is 196 g/mol. The molecule has 0 aromatic heterocycles. The van der Waals surface area contributed by atoms with Gasteiger partial charge in [0.15, 0.2) is 0 Å². The van der Waals surface area contributed by atoms with Crippen molar-refractivity contribution < 1.29 is 4.79 Å². The van der Waals surface area contributed by atoms with E-state index in [1.807, 2.05) is 4.90 Å². The summed E-state index contributed by atoms with van der Waals surface area (Å²) in [7, 11) is 4.13. The van der Waals surface area contributed by atoms with Crippen LogP contribution < -0.4 is 0 Å². The van der Waals surface area contributed by atoms with Crippen LogP contribution in [0, 0.1) is 0 Å². The molecule has 3 heteroatoms. The van der Waals surface area contributed by atoms with E-state index in [0.717, 1.165) is 13.0 Å². The highest BCUT2D eigenvalue weighted by Crippen LogP contribution is 2.19. The molecule has 0 bridgehead atoms. The summed E-state index contributed by atoms with van der Waals surface area (Å²) in [5.74, 6) is 0.0593. The smallest absolute Gasteiger partial charge is 0.246 e. The minimum Gasteiger partial charge on any atom is -0.335 e. The highest BCUT2D eigenvalue weighted by Gasteiger charge is 2.28. The molecule has 80 valence electrons. The molecule has 1 aliphatic rings. The highest BCUT2D eigenvalue weighted by atomic mass is 16.2. The fourth-order valence-electron chi connectivity index (χ4n) is 1.93. The molecule has 0 N–H and O–H groups in total. The maximum Gasteiger partial charge on any atom is 0.246 e. The molecule has 0 aromatic carbocycles. The zero-order chi connectivity index (χ0) is 10.7. The Kier molecular flexibility index (Phi) is 3.69. The zero-order valence-corrected chi connectivity index (χ0v) is 9.36. The van der Waals surface area contributed by atoms with Crippen molar-refractivity contribution in [3.63, 3.8) is 0 Å². The largest absolute Gasteiger partial charge is 0.335 e. The van der Waals surface area contributed by atoms with E-state index in [4.69, 9.17) is 0 Å². The number of hydrogen-bond acceptors (Lipinski definition) is 2. The Morgan fingerprint density at radius 1 is 1.50 bits per heavy atom. The van der Waals surface area contributed by atoms with Gasteiger partial charge in [0.25, 0.3) is 0 Å². The summed E-state index contributed by atoms with van der Waals surface area (Å²) in [6, 6.07) is 0.854. The third-order valence-electron chi connectivity index (χ3n) is 3.05. The maximum absolute atomic E-state index is 11.5. The summed E-state index contributed by atoms with van der Waals surface area (Å²) < 4.78 is 0. The molecule has 1 aliphatic heterocycles. The fraction of sp³-hybridized carbons (Fsp3) is 0.727. The van der Waals surface area contributed by atoms with Crippen LogP contribution in [0.1, 0.15) is 19.8 Å². The molecule has 0 spiro atoms. The van der Waals surface area contributed by atoms with E-state index < -0.39 is 0 Å². The van der Waals surface area contributed by atoms with Crippen molar-refractivity contribution in [1.29, 1.82) is 0 Å². The Balaban J connectivity index is 2.64. The molecular weight excluding hydrogens is 176 g/mol. The molecular formula is C11H20N2O. The summed E-state index contributed by atoms with van der Waals surface area (Å²) in [6.45, 7) is 6.47. The van der Waals surface area contributed by atoms with Gasteiger partial charge in [0.2, 0.25) is 5.91 Å². The molecule has 14 heavy (non-hydrogen) atoms. The minimum absolute atomic E-state index is 0.0593. The first-order chi connectivity index (χ1) is 6.56. The number of piperidine rings is 1. The van der Waals surface area contributed by atoms with Gasteiger partial charge in [0.1, 0.15) is 0 Å². The number of nitrogens with zero attached hydrogens (tertiary/aromatic N) is 2. The van der Waals surface area contributed by atoms with Crippen LogP contribution in [0.2, 0.25) is 0 Å². The predicted molar refractivity (Wildman–Crippen MR) is 58.1 cm³/mol. The third-order valence-corrected chi connectivity index (χ3v) is 3.05. The third kappa shape index (κ3) is 2.35. The van der Waals surface area contributed by atoms with Crippen molar-refractivity contribution in [2.45, 2.75) is 31.8 Å². The van der Waals surface area contributed by atoms with E-state index >= 15 is 0 Å². The average Bonchev–Trinajstić information content (AvgIpc) is 2.17. The number of hydrogen-bond donors (Lipinski definition) is 0. The molecule has 0 radical (unpaired) electrons. The first-order valence-corrected chi connectivity index (χ1v) is 5.15. The van der Waals surface area contributed by atoms with E-state index in [-0.39, 0.29) is 5.91 Å². The molecule has 1 heterocycles. The van der Waals surface area contributed by atoms with Gasteiger partial charge in [-0.1, -0.05) is 6.58 Å². The topological polar surface area (TPSA) is 23.6 Å². The first-order valence-electron chi connectivity index (χ1n) is 5.15. The number of likely N-dealkylation sites (tertiary alicyclic amines) is 1. The van der Waals surface area contributed by atoms with Crippen LogP contribution in [0.3, 0.4) is 0 Å². The van der Waals surface area contributed by atoms with Crippen molar-refractivity contribution in [3.05, 3.63) is 12.7 Å². The normalized spacial score (nSPS) is 27.9. The van der Waals surface area contributed by atoms with Gasteiger partial charge >= 0.3 is 0 Å². The highest BCUT2D eigenvalue weighted by molar-refractivity contribution is 5.87. The van der Waals surface area contributed by atoms with Crippen LogP contribution in [-0.4, -0.2) is 48.4 Å². The summed E-state index contributed by atoms with van der Waals surface area (Å²) in [6.07, 6.45) is 3.67. The fourth-order valence-corrected chi connectivity index (χ4v) is 1.93. The number of amides is 1. The van der Waals surface area contributed by atoms with Gasteiger partial charge in [-0.15, -0.1) is 0 Å². The number of rotatable bonds is 2. The molecule has 2 unspecified atom stereocenters. The molecule has 1 amide bonds. The molecule has 3 nitrogen and oxygen atoms in total. The maximum atomic E-state index is 11.5. The van der Waals surface area contributed by atoms with E-state index in [1.54, 1.807) is 0 Å². The van der Waals surface area contributed by atoms with Crippen molar-refractivity contribution >= 4 is 5.91 Å². The zero-order valence-electron chi connectivity index (χ0n) is 9.36. The minimum atomic E-state index is 0.0593. The molecule has 1 fully saturated rings. The summed E-state index contributed by atoms with van der Waals surface area (Å²) in [5, 5.41) is 0. The van der Waals surface area contributed by atoms with Crippen molar-refractivity contribution in [3.8, 4) is 0 Å². The summed E-state index contributed by atoms with van der Waals surface area (Å²) >= 11 is 0. The lowest BCUT2D eigenvalue weighted by Gasteiger charge is -2.40. The van der Waals surface area contributed by atoms with E-state index in [2.05, 4.69) is 32.5 Å². The predicted octanol–water partition coefficient (Wildman–Crippen LogP) is 1.11. The van der Waals surface area contributed by atoms with Crippen LogP contribution in [0.4, 0.5) is 0 Å². The van der Waals surface area contributed by atoms with E-state index in [0.29, 0.717) is 12.1 Å². The van der Waals surface area contributed by atoms with E-state index in [1.165, 1.54) is 12.5 Å². The second-order valence-corrected chi connectivity index (χ2v) is 4.24. The Labute approximate surface area is 86.4 Å². The lowest BCUT2D eigenvalue weighted by Crippen LogP contribution is -2.50. The Bertz CT molecular complexity index is 225. The summed E-state index contributed by atoms with van der Waals surface area (Å²) in [4.78, 5) is 15.6. The summed E-state index contributed by atoms with van der Waals surface area (Å²) in [5.41, 5.74) is 0. The lowest BCUT2D eigenvalue weighted by atomic mass is 9.98.